The van der Waals surface area contributed by atoms with E-state index in [1.54, 1.807) is 12.3 Å². The number of nitrogens with zero attached hydrogens (tertiary/aromatic N) is 1. The van der Waals surface area contributed by atoms with E-state index in [0.717, 1.165) is 30.6 Å². The molecular weight excluding hydrogens is 286 g/mol. The van der Waals surface area contributed by atoms with Crippen LogP contribution in [0.1, 0.15) is 47.8 Å². The molecule has 0 aliphatic heterocycles. The molecule has 2 aromatic rings. The maximum absolute atomic E-state index is 12.0. The van der Waals surface area contributed by atoms with Crippen LogP contribution in [0.2, 0.25) is 0 Å². The van der Waals surface area contributed by atoms with Gasteiger partial charge in [-0.05, 0) is 49.6 Å². The smallest absolute Gasteiger partial charge is 0.269 e. The monoisotopic (exact) mass is 311 g/mol. The predicted octanol–water partition coefficient (Wildman–Crippen LogP) is 4.36. The van der Waals surface area contributed by atoms with E-state index < -0.39 is 0 Å². The largest absolute Gasteiger partial charge is 0.354 e. The minimum absolute atomic E-state index is 0.112. The Hall–Kier alpha value is -2.36. The maximum atomic E-state index is 12.0. The lowest BCUT2D eigenvalue weighted by Crippen LogP contribution is -2.25. The lowest BCUT2D eigenvalue weighted by atomic mass is 10.1. The van der Waals surface area contributed by atoms with Gasteiger partial charge in [-0.25, -0.2) is 4.98 Å². The Morgan fingerprint density at radius 3 is 2.65 bits per heavy atom. The standard InChI is InChI=1S/C19H25N3O/c1-4-5-6-12-20-19(23)18-11-10-16(13-21-18)22-17-9-7-8-14(2)15(17)3/h7-11,13,22H,4-6,12H2,1-3H3,(H,20,23). The van der Waals surface area contributed by atoms with Crippen LogP contribution in [-0.2, 0) is 0 Å². The van der Waals surface area contributed by atoms with Crippen molar-refractivity contribution in [3.8, 4) is 0 Å². The minimum Gasteiger partial charge on any atom is -0.354 e. The van der Waals surface area contributed by atoms with Crippen LogP contribution >= 0.6 is 0 Å². The summed E-state index contributed by atoms with van der Waals surface area (Å²) < 4.78 is 0. The van der Waals surface area contributed by atoms with Crippen LogP contribution < -0.4 is 10.6 Å². The third-order valence-electron chi connectivity index (χ3n) is 3.95. The van der Waals surface area contributed by atoms with E-state index in [2.05, 4.69) is 42.5 Å². The molecule has 1 aromatic carbocycles. The summed E-state index contributed by atoms with van der Waals surface area (Å²) in [5.41, 5.74) is 4.84. The van der Waals surface area contributed by atoms with E-state index >= 15 is 0 Å². The summed E-state index contributed by atoms with van der Waals surface area (Å²) in [7, 11) is 0. The Morgan fingerprint density at radius 1 is 1.13 bits per heavy atom. The van der Waals surface area contributed by atoms with Crippen molar-refractivity contribution < 1.29 is 4.79 Å². The van der Waals surface area contributed by atoms with Gasteiger partial charge in [0.25, 0.3) is 5.91 Å². The van der Waals surface area contributed by atoms with Crippen molar-refractivity contribution in [2.45, 2.75) is 40.0 Å². The molecule has 0 fully saturated rings. The molecule has 1 amide bonds. The summed E-state index contributed by atoms with van der Waals surface area (Å²) in [5, 5.41) is 6.24. The van der Waals surface area contributed by atoms with E-state index in [0.29, 0.717) is 12.2 Å². The third kappa shape index (κ3) is 4.81. The number of benzene rings is 1. The molecule has 0 radical (unpaired) electrons. The molecule has 23 heavy (non-hydrogen) atoms. The summed E-state index contributed by atoms with van der Waals surface area (Å²) in [4.78, 5) is 16.2. The van der Waals surface area contributed by atoms with Crippen LogP contribution in [-0.4, -0.2) is 17.4 Å². The van der Waals surface area contributed by atoms with Crippen molar-refractivity contribution in [1.82, 2.24) is 10.3 Å². The molecule has 0 atom stereocenters. The molecule has 4 nitrogen and oxygen atoms in total. The molecule has 2 N–H and O–H groups in total. The topological polar surface area (TPSA) is 54.0 Å². The summed E-state index contributed by atoms with van der Waals surface area (Å²) in [6.07, 6.45) is 4.98. The van der Waals surface area contributed by atoms with E-state index in [1.807, 2.05) is 18.2 Å². The summed E-state index contributed by atoms with van der Waals surface area (Å²) in [6.45, 7) is 7.02. The van der Waals surface area contributed by atoms with Gasteiger partial charge in [0.05, 0.1) is 11.9 Å². The van der Waals surface area contributed by atoms with Crippen molar-refractivity contribution in [3.05, 3.63) is 53.3 Å². The number of carbonyl (C=O) groups excluding carboxylic acids is 1. The summed E-state index contributed by atoms with van der Waals surface area (Å²) in [6, 6.07) is 9.79. The normalized spacial score (nSPS) is 10.4. The number of amides is 1. The van der Waals surface area contributed by atoms with Crippen molar-refractivity contribution in [3.63, 3.8) is 0 Å². The van der Waals surface area contributed by atoms with Crippen LogP contribution in [0, 0.1) is 13.8 Å². The molecule has 0 aliphatic carbocycles. The fraction of sp³-hybridized carbons (Fsp3) is 0.368. The highest BCUT2D eigenvalue weighted by Crippen LogP contribution is 2.22. The first-order valence-electron chi connectivity index (χ1n) is 8.19. The Morgan fingerprint density at radius 2 is 1.96 bits per heavy atom. The van der Waals surface area contributed by atoms with Crippen LogP contribution in [0.3, 0.4) is 0 Å². The van der Waals surface area contributed by atoms with Gasteiger partial charge in [0, 0.05) is 12.2 Å². The van der Waals surface area contributed by atoms with Crippen LogP contribution in [0.4, 0.5) is 11.4 Å². The second kappa shape index (κ2) is 8.32. The number of pyridine rings is 1. The fourth-order valence-corrected chi connectivity index (χ4v) is 2.31. The van der Waals surface area contributed by atoms with Gasteiger partial charge in [-0.15, -0.1) is 0 Å². The van der Waals surface area contributed by atoms with Crippen molar-refractivity contribution >= 4 is 17.3 Å². The highest BCUT2D eigenvalue weighted by molar-refractivity contribution is 5.92. The minimum atomic E-state index is -0.112. The summed E-state index contributed by atoms with van der Waals surface area (Å²) >= 11 is 0. The highest BCUT2D eigenvalue weighted by atomic mass is 16.1. The van der Waals surface area contributed by atoms with Crippen LogP contribution in [0.5, 0.6) is 0 Å². The fourth-order valence-electron chi connectivity index (χ4n) is 2.31. The number of unbranched alkanes of at least 4 members (excludes halogenated alkanes) is 2. The second-order valence-corrected chi connectivity index (χ2v) is 5.77. The molecule has 1 heterocycles. The first-order valence-corrected chi connectivity index (χ1v) is 8.19. The Kier molecular flexibility index (Phi) is 6.15. The predicted molar refractivity (Wildman–Crippen MR) is 95.3 cm³/mol. The average molecular weight is 311 g/mol. The molecule has 1 aromatic heterocycles. The Labute approximate surface area is 138 Å². The zero-order valence-corrected chi connectivity index (χ0v) is 14.1. The third-order valence-corrected chi connectivity index (χ3v) is 3.95. The van der Waals surface area contributed by atoms with Gasteiger partial charge in [0.1, 0.15) is 5.69 Å². The number of hydrogen-bond acceptors (Lipinski definition) is 3. The molecule has 0 bridgehead atoms. The van der Waals surface area contributed by atoms with Gasteiger partial charge in [-0.3, -0.25) is 4.79 Å². The maximum Gasteiger partial charge on any atom is 0.269 e. The average Bonchev–Trinajstić information content (AvgIpc) is 2.56. The quantitative estimate of drug-likeness (QED) is 0.747. The molecule has 122 valence electrons. The molecule has 4 heteroatoms. The van der Waals surface area contributed by atoms with Gasteiger partial charge >= 0.3 is 0 Å². The molecule has 0 aliphatic rings. The first-order chi connectivity index (χ1) is 11.1. The summed E-state index contributed by atoms with van der Waals surface area (Å²) in [5.74, 6) is -0.112. The molecule has 2 rings (SSSR count). The van der Waals surface area contributed by atoms with Crippen molar-refractivity contribution in [2.24, 2.45) is 0 Å². The Balaban J connectivity index is 1.96. The number of rotatable bonds is 7. The number of aryl methyl sites for hydroxylation is 1. The van der Waals surface area contributed by atoms with Crippen LogP contribution in [0.25, 0.3) is 0 Å². The van der Waals surface area contributed by atoms with E-state index in [1.165, 1.54) is 11.1 Å². The van der Waals surface area contributed by atoms with E-state index in [9.17, 15) is 4.79 Å². The second-order valence-electron chi connectivity index (χ2n) is 5.77. The zero-order valence-electron chi connectivity index (χ0n) is 14.1. The first kappa shape index (κ1) is 17.0. The van der Waals surface area contributed by atoms with Crippen LogP contribution in [0.15, 0.2) is 36.5 Å². The number of anilines is 2. The van der Waals surface area contributed by atoms with Gasteiger partial charge < -0.3 is 10.6 Å². The number of carbonyl (C=O) groups is 1. The lowest BCUT2D eigenvalue weighted by Gasteiger charge is -2.11. The Bertz CT molecular complexity index is 650. The van der Waals surface area contributed by atoms with Gasteiger partial charge in [0.15, 0.2) is 0 Å². The van der Waals surface area contributed by atoms with Gasteiger partial charge in [-0.2, -0.15) is 0 Å². The molecule has 0 saturated heterocycles. The van der Waals surface area contributed by atoms with Crippen molar-refractivity contribution in [2.75, 3.05) is 11.9 Å². The van der Waals surface area contributed by atoms with E-state index in [4.69, 9.17) is 0 Å². The number of hydrogen-bond donors (Lipinski definition) is 2. The lowest BCUT2D eigenvalue weighted by molar-refractivity contribution is 0.0948. The molecule has 0 unspecified atom stereocenters. The SMILES string of the molecule is CCCCCNC(=O)c1ccc(Nc2cccc(C)c2C)cn1. The van der Waals surface area contributed by atoms with E-state index in [-0.39, 0.29) is 5.91 Å². The molecule has 0 spiro atoms. The molecular formula is C19H25N3O. The van der Waals surface area contributed by atoms with Crippen molar-refractivity contribution in [1.29, 1.82) is 0 Å². The number of aromatic nitrogens is 1. The van der Waals surface area contributed by atoms with Gasteiger partial charge in [-0.1, -0.05) is 31.9 Å². The molecule has 0 saturated carbocycles. The highest BCUT2D eigenvalue weighted by Gasteiger charge is 2.07. The van der Waals surface area contributed by atoms with Gasteiger partial charge in [0.2, 0.25) is 0 Å². The zero-order chi connectivity index (χ0) is 16.7. The number of nitrogens with one attached hydrogen (secondary N) is 2.